The fraction of sp³-hybridized carbons (Fsp3) is 0.400. The Hall–Kier alpha value is -1.81. The van der Waals surface area contributed by atoms with Crippen LogP contribution < -0.4 is 4.90 Å². The number of aliphatic hydroxyl groups is 1. The first-order chi connectivity index (χ1) is 9.19. The van der Waals surface area contributed by atoms with Gasteiger partial charge in [-0.25, -0.2) is 4.98 Å². The summed E-state index contributed by atoms with van der Waals surface area (Å²) in [5.74, 6) is 0.778. The highest BCUT2D eigenvalue weighted by Gasteiger charge is 2.37. The number of imidazole rings is 1. The van der Waals surface area contributed by atoms with Gasteiger partial charge in [-0.05, 0) is 12.1 Å². The van der Waals surface area contributed by atoms with Crippen LogP contribution in [0, 0.1) is 0 Å². The van der Waals surface area contributed by atoms with Gasteiger partial charge in [-0.2, -0.15) is 0 Å². The molecule has 4 heteroatoms. The monoisotopic (exact) mass is 257 g/mol. The van der Waals surface area contributed by atoms with Crippen molar-refractivity contribution < 1.29 is 5.11 Å². The predicted molar refractivity (Wildman–Crippen MR) is 75.0 cm³/mol. The van der Waals surface area contributed by atoms with E-state index in [0.29, 0.717) is 12.8 Å². The Morgan fingerprint density at radius 2 is 1.84 bits per heavy atom. The summed E-state index contributed by atoms with van der Waals surface area (Å²) in [5, 5.41) is 10.8. The van der Waals surface area contributed by atoms with Gasteiger partial charge in [0.05, 0.1) is 0 Å². The van der Waals surface area contributed by atoms with Crippen molar-refractivity contribution in [2.24, 2.45) is 7.05 Å². The first-order valence-electron chi connectivity index (χ1n) is 6.69. The number of benzene rings is 1. The molecule has 19 heavy (non-hydrogen) atoms. The summed E-state index contributed by atoms with van der Waals surface area (Å²) in [6.45, 7) is 1.71. The van der Waals surface area contributed by atoms with Crippen LogP contribution in [0.15, 0.2) is 42.7 Å². The van der Waals surface area contributed by atoms with Crippen molar-refractivity contribution in [2.75, 3.05) is 18.0 Å². The minimum Gasteiger partial charge on any atom is -0.382 e. The maximum atomic E-state index is 10.8. The van der Waals surface area contributed by atoms with Gasteiger partial charge < -0.3 is 14.6 Å². The van der Waals surface area contributed by atoms with E-state index in [0.717, 1.165) is 18.9 Å². The van der Waals surface area contributed by atoms with Gasteiger partial charge in [0, 0.05) is 51.1 Å². The molecule has 0 aliphatic carbocycles. The SMILES string of the molecule is Cn1ccnc1C1(O)CCN(c2ccccc2)CC1. The number of hydrogen-bond acceptors (Lipinski definition) is 3. The summed E-state index contributed by atoms with van der Waals surface area (Å²) in [6.07, 6.45) is 5.06. The van der Waals surface area contributed by atoms with Crippen molar-refractivity contribution >= 4 is 5.69 Å². The number of aromatic nitrogens is 2. The van der Waals surface area contributed by atoms with Crippen LogP contribution in [0.1, 0.15) is 18.7 Å². The molecule has 1 aromatic heterocycles. The van der Waals surface area contributed by atoms with E-state index in [4.69, 9.17) is 0 Å². The minimum absolute atomic E-state index is 0.715. The van der Waals surface area contributed by atoms with Crippen LogP contribution in [0.25, 0.3) is 0 Å². The smallest absolute Gasteiger partial charge is 0.140 e. The molecule has 1 aliphatic heterocycles. The molecule has 0 spiro atoms. The summed E-state index contributed by atoms with van der Waals surface area (Å²) >= 11 is 0. The summed E-state index contributed by atoms with van der Waals surface area (Å²) in [6, 6.07) is 10.4. The fourth-order valence-corrected chi connectivity index (χ4v) is 2.81. The molecule has 0 bridgehead atoms. The van der Waals surface area contributed by atoms with Crippen molar-refractivity contribution in [2.45, 2.75) is 18.4 Å². The largest absolute Gasteiger partial charge is 0.382 e. The molecule has 0 atom stereocenters. The van der Waals surface area contributed by atoms with Gasteiger partial charge >= 0.3 is 0 Å². The van der Waals surface area contributed by atoms with Crippen molar-refractivity contribution in [3.05, 3.63) is 48.5 Å². The van der Waals surface area contributed by atoms with E-state index in [2.05, 4.69) is 34.1 Å². The zero-order valence-corrected chi connectivity index (χ0v) is 11.2. The highest BCUT2D eigenvalue weighted by molar-refractivity contribution is 5.46. The molecule has 1 N–H and O–H groups in total. The van der Waals surface area contributed by atoms with Gasteiger partial charge in [-0.15, -0.1) is 0 Å². The van der Waals surface area contributed by atoms with Crippen LogP contribution in [-0.2, 0) is 12.6 Å². The van der Waals surface area contributed by atoms with Crippen molar-refractivity contribution in [3.8, 4) is 0 Å². The van der Waals surface area contributed by atoms with Crippen LogP contribution in [0.3, 0.4) is 0 Å². The summed E-state index contributed by atoms with van der Waals surface area (Å²) in [4.78, 5) is 6.62. The van der Waals surface area contributed by atoms with E-state index >= 15 is 0 Å². The van der Waals surface area contributed by atoms with Crippen LogP contribution in [0.2, 0.25) is 0 Å². The number of hydrogen-bond donors (Lipinski definition) is 1. The number of rotatable bonds is 2. The second-order valence-electron chi connectivity index (χ2n) is 5.22. The molecule has 1 aromatic carbocycles. The fourth-order valence-electron chi connectivity index (χ4n) is 2.81. The number of nitrogens with zero attached hydrogens (tertiary/aromatic N) is 3. The molecule has 0 saturated carbocycles. The van der Waals surface area contributed by atoms with Crippen LogP contribution >= 0.6 is 0 Å². The van der Waals surface area contributed by atoms with Gasteiger partial charge in [0.15, 0.2) is 0 Å². The van der Waals surface area contributed by atoms with E-state index < -0.39 is 5.60 Å². The molecular weight excluding hydrogens is 238 g/mol. The zero-order chi connectivity index (χ0) is 13.3. The molecule has 1 saturated heterocycles. The molecule has 1 aliphatic rings. The van der Waals surface area contributed by atoms with Crippen molar-refractivity contribution in [1.29, 1.82) is 0 Å². The summed E-state index contributed by atoms with van der Waals surface area (Å²) in [7, 11) is 1.93. The zero-order valence-electron chi connectivity index (χ0n) is 11.2. The summed E-state index contributed by atoms with van der Waals surface area (Å²) < 4.78 is 1.91. The predicted octanol–water partition coefficient (Wildman–Crippen LogP) is 1.91. The van der Waals surface area contributed by atoms with Gasteiger partial charge in [0.25, 0.3) is 0 Å². The molecule has 3 rings (SSSR count). The van der Waals surface area contributed by atoms with Crippen molar-refractivity contribution in [1.82, 2.24) is 9.55 Å². The van der Waals surface area contributed by atoms with Crippen LogP contribution in [-0.4, -0.2) is 27.7 Å². The lowest BCUT2D eigenvalue weighted by Crippen LogP contribution is -2.43. The highest BCUT2D eigenvalue weighted by atomic mass is 16.3. The molecular formula is C15H19N3O. The molecule has 100 valence electrons. The van der Waals surface area contributed by atoms with E-state index in [-0.39, 0.29) is 0 Å². The topological polar surface area (TPSA) is 41.3 Å². The second-order valence-corrected chi connectivity index (χ2v) is 5.22. The molecule has 0 radical (unpaired) electrons. The molecule has 0 unspecified atom stereocenters. The molecule has 4 nitrogen and oxygen atoms in total. The minimum atomic E-state index is -0.788. The lowest BCUT2D eigenvalue weighted by atomic mass is 9.90. The maximum Gasteiger partial charge on any atom is 0.140 e. The Balaban J connectivity index is 1.75. The van der Waals surface area contributed by atoms with E-state index in [1.807, 2.05) is 23.9 Å². The number of aryl methyl sites for hydroxylation is 1. The first-order valence-corrected chi connectivity index (χ1v) is 6.69. The summed E-state index contributed by atoms with van der Waals surface area (Å²) in [5.41, 5.74) is 0.438. The van der Waals surface area contributed by atoms with Gasteiger partial charge in [0.1, 0.15) is 11.4 Å². The number of para-hydroxylation sites is 1. The highest BCUT2D eigenvalue weighted by Crippen LogP contribution is 2.33. The Labute approximate surface area is 113 Å². The number of piperidine rings is 1. The van der Waals surface area contributed by atoms with Gasteiger partial charge in [-0.1, -0.05) is 18.2 Å². The normalized spacial score (nSPS) is 18.5. The Bertz CT molecular complexity index is 542. The second kappa shape index (κ2) is 4.70. The molecule has 0 amide bonds. The third-order valence-electron chi connectivity index (χ3n) is 3.95. The van der Waals surface area contributed by atoms with Crippen molar-refractivity contribution in [3.63, 3.8) is 0 Å². The molecule has 2 heterocycles. The molecule has 2 aromatic rings. The Morgan fingerprint density at radius 1 is 1.16 bits per heavy atom. The Morgan fingerprint density at radius 3 is 2.42 bits per heavy atom. The van der Waals surface area contributed by atoms with E-state index in [1.54, 1.807) is 6.20 Å². The van der Waals surface area contributed by atoms with Crippen LogP contribution in [0.5, 0.6) is 0 Å². The lowest BCUT2D eigenvalue weighted by Gasteiger charge is -2.38. The first kappa shape index (κ1) is 12.2. The quantitative estimate of drug-likeness (QED) is 0.893. The maximum absolute atomic E-state index is 10.8. The number of anilines is 1. The average Bonchev–Trinajstić information content (AvgIpc) is 2.88. The van der Waals surface area contributed by atoms with Crippen LogP contribution in [0.4, 0.5) is 5.69 Å². The van der Waals surface area contributed by atoms with E-state index in [1.165, 1.54) is 5.69 Å². The lowest BCUT2D eigenvalue weighted by molar-refractivity contribution is 0.000785. The van der Waals surface area contributed by atoms with Gasteiger partial charge in [0.2, 0.25) is 0 Å². The molecule has 1 fully saturated rings. The standard InChI is InChI=1S/C15H19N3O/c1-17-12-9-16-14(17)15(19)7-10-18(11-8-15)13-5-3-2-4-6-13/h2-6,9,12,19H,7-8,10-11H2,1H3. The van der Waals surface area contributed by atoms with Gasteiger partial charge in [-0.3, -0.25) is 0 Å². The van der Waals surface area contributed by atoms with E-state index in [9.17, 15) is 5.11 Å². The average molecular weight is 257 g/mol. The third kappa shape index (κ3) is 2.24. The Kier molecular flexibility index (Phi) is 3.03. The third-order valence-corrected chi connectivity index (χ3v) is 3.95.